The third-order valence-corrected chi connectivity index (χ3v) is 3.78. The standard InChI is InChI=1S/C17H13ClF5N3O/c1-7-5-8(12(18)10(20)6-7)15(24)26-14-9(19)3-4-11(13(14)21)25-16(27)17(2,22)23/h3-6H,1-2H3,(H2,24,26)(H,25,27). The Balaban J connectivity index is 2.51. The number of hydrogen-bond donors (Lipinski definition) is 2. The van der Waals surface area contributed by atoms with Gasteiger partial charge in [0.05, 0.1) is 10.7 Å². The lowest BCUT2D eigenvalue weighted by molar-refractivity contribution is -0.137. The van der Waals surface area contributed by atoms with Gasteiger partial charge < -0.3 is 11.1 Å². The molecule has 0 aromatic heterocycles. The van der Waals surface area contributed by atoms with Crippen LogP contribution in [0.1, 0.15) is 18.1 Å². The Hall–Kier alpha value is -2.68. The predicted molar refractivity (Wildman–Crippen MR) is 92.1 cm³/mol. The van der Waals surface area contributed by atoms with E-state index >= 15 is 0 Å². The van der Waals surface area contributed by atoms with Crippen LogP contribution in [0.15, 0.2) is 29.3 Å². The van der Waals surface area contributed by atoms with Gasteiger partial charge in [-0.3, -0.25) is 4.79 Å². The molecule has 0 atom stereocenters. The van der Waals surface area contributed by atoms with Crippen LogP contribution in [0, 0.1) is 24.4 Å². The zero-order valence-electron chi connectivity index (χ0n) is 14.0. The smallest absolute Gasteiger partial charge is 0.322 e. The first-order valence-electron chi connectivity index (χ1n) is 7.39. The van der Waals surface area contributed by atoms with Crippen LogP contribution < -0.4 is 11.1 Å². The van der Waals surface area contributed by atoms with Gasteiger partial charge in [0.1, 0.15) is 17.3 Å². The number of rotatable bonds is 4. The van der Waals surface area contributed by atoms with E-state index in [0.29, 0.717) is 18.6 Å². The van der Waals surface area contributed by atoms with E-state index in [1.807, 2.05) is 0 Å². The highest BCUT2D eigenvalue weighted by atomic mass is 35.5. The van der Waals surface area contributed by atoms with Gasteiger partial charge in [0.25, 0.3) is 5.91 Å². The number of alkyl halides is 2. The maximum atomic E-state index is 14.4. The Morgan fingerprint density at radius 3 is 2.41 bits per heavy atom. The molecule has 2 aromatic rings. The predicted octanol–water partition coefficient (Wildman–Crippen LogP) is 4.70. The molecule has 0 aliphatic carbocycles. The molecular formula is C17H13ClF5N3O. The van der Waals surface area contributed by atoms with E-state index in [4.69, 9.17) is 17.3 Å². The normalized spacial score (nSPS) is 12.2. The van der Waals surface area contributed by atoms with Gasteiger partial charge in [-0.05, 0) is 36.8 Å². The van der Waals surface area contributed by atoms with Crippen molar-refractivity contribution in [2.75, 3.05) is 5.32 Å². The van der Waals surface area contributed by atoms with E-state index < -0.39 is 51.5 Å². The summed E-state index contributed by atoms with van der Waals surface area (Å²) in [5, 5.41) is 1.23. The molecule has 0 fully saturated rings. The molecule has 0 bridgehead atoms. The molecule has 0 aliphatic rings. The van der Waals surface area contributed by atoms with Crippen molar-refractivity contribution in [3.05, 3.63) is 57.9 Å². The number of nitrogens with one attached hydrogen (secondary N) is 1. The Morgan fingerprint density at radius 2 is 1.81 bits per heavy atom. The molecule has 0 aliphatic heterocycles. The number of nitrogens with two attached hydrogens (primary N) is 1. The number of aryl methyl sites for hydroxylation is 1. The van der Waals surface area contributed by atoms with E-state index in [1.54, 1.807) is 12.2 Å². The van der Waals surface area contributed by atoms with Crippen molar-refractivity contribution in [2.24, 2.45) is 10.7 Å². The van der Waals surface area contributed by atoms with Gasteiger partial charge in [-0.15, -0.1) is 0 Å². The van der Waals surface area contributed by atoms with Crippen LogP contribution >= 0.6 is 11.6 Å². The minimum absolute atomic E-state index is 0.109. The Bertz CT molecular complexity index is 941. The van der Waals surface area contributed by atoms with Crippen molar-refractivity contribution in [1.82, 2.24) is 0 Å². The van der Waals surface area contributed by atoms with Gasteiger partial charge in [-0.2, -0.15) is 8.78 Å². The van der Waals surface area contributed by atoms with E-state index in [1.165, 1.54) is 6.07 Å². The van der Waals surface area contributed by atoms with Crippen molar-refractivity contribution in [2.45, 2.75) is 19.8 Å². The number of benzene rings is 2. The van der Waals surface area contributed by atoms with Crippen LogP contribution in [0.5, 0.6) is 0 Å². The first-order valence-corrected chi connectivity index (χ1v) is 7.77. The lowest BCUT2D eigenvalue weighted by Crippen LogP contribution is -2.31. The van der Waals surface area contributed by atoms with Crippen molar-refractivity contribution < 1.29 is 26.7 Å². The molecule has 2 rings (SSSR count). The molecule has 0 unspecified atom stereocenters. The summed E-state index contributed by atoms with van der Waals surface area (Å²) < 4.78 is 68.0. The number of nitrogens with zero attached hydrogens (tertiary/aromatic N) is 1. The first-order chi connectivity index (χ1) is 12.4. The van der Waals surface area contributed by atoms with Gasteiger partial charge in [0, 0.05) is 12.5 Å². The number of amidine groups is 1. The fraction of sp³-hybridized carbons (Fsp3) is 0.176. The lowest BCUT2D eigenvalue weighted by Gasteiger charge is -2.13. The Labute approximate surface area is 155 Å². The quantitative estimate of drug-likeness (QED) is 0.440. The molecule has 1 amide bonds. The second-order valence-electron chi connectivity index (χ2n) is 5.71. The highest BCUT2D eigenvalue weighted by Crippen LogP contribution is 2.30. The molecule has 144 valence electrons. The number of carbonyl (C=O) groups excluding carboxylic acids is 1. The topological polar surface area (TPSA) is 67.5 Å². The lowest BCUT2D eigenvalue weighted by atomic mass is 10.1. The zero-order valence-corrected chi connectivity index (χ0v) is 14.8. The first kappa shape index (κ1) is 20.6. The van der Waals surface area contributed by atoms with Crippen LogP contribution in [0.3, 0.4) is 0 Å². The largest absolute Gasteiger partial charge is 0.383 e. The van der Waals surface area contributed by atoms with Crippen molar-refractivity contribution in [1.29, 1.82) is 0 Å². The average Bonchev–Trinajstić information content (AvgIpc) is 2.56. The molecule has 0 saturated heterocycles. The number of halogens is 6. The van der Waals surface area contributed by atoms with Gasteiger partial charge >= 0.3 is 5.92 Å². The van der Waals surface area contributed by atoms with E-state index in [-0.39, 0.29) is 5.56 Å². The fourth-order valence-electron chi connectivity index (χ4n) is 2.06. The second kappa shape index (κ2) is 7.51. The highest BCUT2D eigenvalue weighted by Gasteiger charge is 2.33. The number of anilines is 1. The summed E-state index contributed by atoms with van der Waals surface area (Å²) in [6, 6.07) is 3.94. The summed E-state index contributed by atoms with van der Waals surface area (Å²) in [4.78, 5) is 14.9. The van der Waals surface area contributed by atoms with E-state index in [2.05, 4.69) is 4.99 Å². The highest BCUT2D eigenvalue weighted by molar-refractivity contribution is 6.34. The minimum Gasteiger partial charge on any atom is -0.383 e. The molecular weight excluding hydrogens is 393 g/mol. The Kier molecular flexibility index (Phi) is 5.74. The zero-order chi connectivity index (χ0) is 20.5. The molecule has 3 N–H and O–H groups in total. The van der Waals surface area contributed by atoms with Crippen LogP contribution in [-0.2, 0) is 4.79 Å². The molecule has 0 radical (unpaired) electrons. The van der Waals surface area contributed by atoms with Crippen LogP contribution in [0.2, 0.25) is 5.02 Å². The van der Waals surface area contributed by atoms with Gasteiger partial charge in [0.15, 0.2) is 11.6 Å². The maximum Gasteiger partial charge on any atom is 0.322 e. The fourth-order valence-corrected chi connectivity index (χ4v) is 2.27. The summed E-state index contributed by atoms with van der Waals surface area (Å²) in [7, 11) is 0. The molecule has 0 spiro atoms. The van der Waals surface area contributed by atoms with Gasteiger partial charge in [-0.1, -0.05) is 11.6 Å². The van der Waals surface area contributed by atoms with Crippen molar-refractivity contribution in [3.63, 3.8) is 0 Å². The molecule has 0 heterocycles. The summed E-state index contributed by atoms with van der Waals surface area (Å²) in [6.07, 6.45) is 0. The summed E-state index contributed by atoms with van der Waals surface area (Å²) in [6.45, 7) is 1.85. The second-order valence-corrected chi connectivity index (χ2v) is 6.08. The van der Waals surface area contributed by atoms with Crippen molar-refractivity contribution in [3.8, 4) is 0 Å². The molecule has 2 aromatic carbocycles. The number of carbonyl (C=O) groups is 1. The average molecular weight is 406 g/mol. The monoisotopic (exact) mass is 405 g/mol. The third kappa shape index (κ3) is 4.54. The SMILES string of the molecule is Cc1cc(F)c(Cl)c(C(N)=Nc2c(F)ccc(NC(=O)C(C)(F)F)c2F)c1. The van der Waals surface area contributed by atoms with Crippen LogP contribution in [0.4, 0.5) is 33.3 Å². The number of amides is 1. The molecule has 0 saturated carbocycles. The molecule has 10 heteroatoms. The van der Waals surface area contributed by atoms with Crippen LogP contribution in [0.25, 0.3) is 0 Å². The third-order valence-electron chi connectivity index (χ3n) is 3.39. The summed E-state index contributed by atoms with van der Waals surface area (Å²) in [5.41, 5.74) is 4.32. The maximum absolute atomic E-state index is 14.4. The minimum atomic E-state index is -3.78. The molecule has 27 heavy (non-hydrogen) atoms. The van der Waals surface area contributed by atoms with Crippen LogP contribution in [-0.4, -0.2) is 17.7 Å². The van der Waals surface area contributed by atoms with E-state index in [0.717, 1.165) is 12.1 Å². The van der Waals surface area contributed by atoms with Gasteiger partial charge in [0.2, 0.25) is 0 Å². The number of hydrogen-bond acceptors (Lipinski definition) is 2. The summed E-state index contributed by atoms with van der Waals surface area (Å²) >= 11 is 5.79. The summed E-state index contributed by atoms with van der Waals surface area (Å²) in [5.74, 6) is -9.50. The van der Waals surface area contributed by atoms with Gasteiger partial charge in [-0.25, -0.2) is 18.2 Å². The molecule has 4 nitrogen and oxygen atoms in total. The van der Waals surface area contributed by atoms with E-state index in [9.17, 15) is 26.7 Å². The Morgan fingerprint density at radius 1 is 1.19 bits per heavy atom. The van der Waals surface area contributed by atoms with Crippen molar-refractivity contribution >= 4 is 34.7 Å². The number of aliphatic imine (C=N–C) groups is 1.